The Kier molecular flexibility index (Phi) is 3.63. The van der Waals surface area contributed by atoms with E-state index in [2.05, 4.69) is 25.8 Å². The molecule has 4 heterocycles. The molecule has 2 aromatic carbocycles. The van der Waals surface area contributed by atoms with E-state index in [9.17, 15) is 9.18 Å². The maximum Gasteiger partial charge on any atom is 0.241 e. The second-order valence-corrected chi connectivity index (χ2v) is 8.79. The number of aromatic nitrogens is 1. The quantitative estimate of drug-likeness (QED) is 0.544. The molecule has 152 valence electrons. The van der Waals surface area contributed by atoms with Gasteiger partial charge >= 0.3 is 0 Å². The van der Waals surface area contributed by atoms with Crippen LogP contribution in [0.2, 0.25) is 0 Å². The van der Waals surface area contributed by atoms with Crippen molar-refractivity contribution in [3.63, 3.8) is 0 Å². The van der Waals surface area contributed by atoms with Gasteiger partial charge in [-0.1, -0.05) is 0 Å². The zero-order valence-corrected chi connectivity index (χ0v) is 17.7. The van der Waals surface area contributed by atoms with Gasteiger partial charge < -0.3 is 19.3 Å². The van der Waals surface area contributed by atoms with Gasteiger partial charge in [-0.05, 0) is 34.1 Å². The largest absolute Gasteiger partial charge is 0.486 e. The van der Waals surface area contributed by atoms with Gasteiger partial charge in [0, 0.05) is 48.9 Å². The molecule has 0 radical (unpaired) electrons. The number of nitrogens with zero attached hydrogens (tertiary/aromatic N) is 3. The molecule has 1 spiro atoms. The number of hydrogen-bond donors (Lipinski definition) is 0. The first-order valence-corrected chi connectivity index (χ1v) is 10.5. The molecular formula is C22H17BrFN3O3. The normalized spacial score (nSPS) is 18.7. The molecule has 6 nitrogen and oxygen atoms in total. The molecule has 0 atom stereocenters. The number of pyridine rings is 1. The van der Waals surface area contributed by atoms with Crippen LogP contribution in [0.5, 0.6) is 11.5 Å². The Bertz CT molecular complexity index is 1240. The number of carbonyl (C=O) groups is 1. The molecule has 3 aliphatic heterocycles. The zero-order valence-electron chi connectivity index (χ0n) is 16.1. The number of hydrogen-bond acceptors (Lipinski definition) is 5. The summed E-state index contributed by atoms with van der Waals surface area (Å²) in [5.74, 6) is 1.14. The van der Waals surface area contributed by atoms with Gasteiger partial charge in [0.15, 0.2) is 11.5 Å². The lowest BCUT2D eigenvalue weighted by molar-refractivity contribution is -0.123. The Hall–Kier alpha value is -2.87. The van der Waals surface area contributed by atoms with E-state index in [1.54, 1.807) is 24.2 Å². The summed E-state index contributed by atoms with van der Waals surface area (Å²) in [6, 6.07) is 9.00. The third kappa shape index (κ3) is 2.28. The lowest BCUT2D eigenvalue weighted by Gasteiger charge is -2.48. The smallest absolute Gasteiger partial charge is 0.241 e. The maximum atomic E-state index is 14.1. The average Bonchev–Trinajstić information content (AvgIpc) is 2.95. The number of benzene rings is 2. The fourth-order valence-electron chi connectivity index (χ4n) is 4.78. The monoisotopic (exact) mass is 469 g/mol. The third-order valence-electron chi connectivity index (χ3n) is 6.26. The topological polar surface area (TPSA) is 54.9 Å². The van der Waals surface area contributed by atoms with Gasteiger partial charge in [-0.2, -0.15) is 0 Å². The van der Waals surface area contributed by atoms with Crippen LogP contribution in [0.3, 0.4) is 0 Å². The Labute approximate surface area is 180 Å². The van der Waals surface area contributed by atoms with Gasteiger partial charge in [0.05, 0.1) is 21.9 Å². The van der Waals surface area contributed by atoms with Crippen LogP contribution in [-0.4, -0.2) is 44.2 Å². The van der Waals surface area contributed by atoms with Gasteiger partial charge in [0.25, 0.3) is 0 Å². The first kappa shape index (κ1) is 17.9. The Balaban J connectivity index is 1.43. The molecule has 3 aliphatic rings. The van der Waals surface area contributed by atoms with Crippen molar-refractivity contribution in [3.8, 4) is 11.5 Å². The zero-order chi connectivity index (χ0) is 20.6. The minimum atomic E-state index is -0.671. The minimum absolute atomic E-state index is 0.0426. The van der Waals surface area contributed by atoms with Crippen LogP contribution < -0.4 is 19.3 Å². The lowest BCUT2D eigenvalue weighted by Crippen LogP contribution is -2.64. The van der Waals surface area contributed by atoms with E-state index >= 15 is 0 Å². The van der Waals surface area contributed by atoms with E-state index in [4.69, 9.17) is 9.47 Å². The molecule has 1 saturated heterocycles. The number of halogens is 2. The van der Waals surface area contributed by atoms with Gasteiger partial charge in [0.1, 0.15) is 24.4 Å². The van der Waals surface area contributed by atoms with Crippen LogP contribution in [0.25, 0.3) is 10.9 Å². The van der Waals surface area contributed by atoms with Gasteiger partial charge in [-0.25, -0.2) is 4.39 Å². The van der Waals surface area contributed by atoms with Crippen molar-refractivity contribution in [2.24, 2.45) is 0 Å². The Morgan fingerprint density at radius 1 is 1.13 bits per heavy atom. The standard InChI is InChI=1S/C22H17BrFN3O3/c1-26-17-9-25-16-8-15(24)14(23)7-13(16)20(17)22(21(26)28)10-27(11-22)12-2-3-18-19(6-12)30-5-4-29-18/h2-3,6-9H,4-5,10-11H2,1H3. The highest BCUT2D eigenvalue weighted by atomic mass is 79.9. The molecular weight excluding hydrogens is 453 g/mol. The number of fused-ring (bicyclic) bond motifs is 5. The minimum Gasteiger partial charge on any atom is -0.486 e. The van der Waals surface area contributed by atoms with Crippen molar-refractivity contribution in [3.05, 3.63) is 52.4 Å². The summed E-state index contributed by atoms with van der Waals surface area (Å²) in [6.07, 6.45) is 1.67. The van der Waals surface area contributed by atoms with Crippen molar-refractivity contribution >= 4 is 44.1 Å². The number of anilines is 2. The van der Waals surface area contributed by atoms with E-state index in [0.717, 1.165) is 33.8 Å². The molecule has 1 aromatic heterocycles. The van der Waals surface area contributed by atoms with Gasteiger partial charge in [0.2, 0.25) is 5.91 Å². The van der Waals surface area contributed by atoms with Crippen molar-refractivity contribution in [1.29, 1.82) is 0 Å². The van der Waals surface area contributed by atoms with E-state index < -0.39 is 5.41 Å². The van der Waals surface area contributed by atoms with Crippen LogP contribution in [0.15, 0.2) is 41.0 Å². The highest BCUT2D eigenvalue weighted by Gasteiger charge is 2.58. The number of amides is 1. The molecule has 0 unspecified atom stereocenters. The highest BCUT2D eigenvalue weighted by molar-refractivity contribution is 9.10. The van der Waals surface area contributed by atoms with Gasteiger partial charge in [-0.15, -0.1) is 0 Å². The van der Waals surface area contributed by atoms with Crippen molar-refractivity contribution in [2.45, 2.75) is 5.41 Å². The number of rotatable bonds is 1. The van der Waals surface area contributed by atoms with Crippen molar-refractivity contribution < 1.29 is 18.7 Å². The van der Waals surface area contributed by atoms with E-state index in [0.29, 0.717) is 36.3 Å². The van der Waals surface area contributed by atoms with Crippen LogP contribution in [0.1, 0.15) is 5.56 Å². The maximum absolute atomic E-state index is 14.1. The molecule has 0 aliphatic carbocycles. The molecule has 30 heavy (non-hydrogen) atoms. The molecule has 8 heteroatoms. The van der Waals surface area contributed by atoms with Crippen LogP contribution >= 0.6 is 15.9 Å². The van der Waals surface area contributed by atoms with E-state index in [1.807, 2.05) is 18.2 Å². The molecule has 0 bridgehead atoms. The summed E-state index contributed by atoms with van der Waals surface area (Å²) in [5.41, 5.74) is 2.58. The van der Waals surface area contributed by atoms with Gasteiger partial charge in [-0.3, -0.25) is 9.78 Å². The highest BCUT2D eigenvalue weighted by Crippen LogP contribution is 2.51. The summed E-state index contributed by atoms with van der Waals surface area (Å²) in [4.78, 5) is 21.5. The van der Waals surface area contributed by atoms with Crippen molar-refractivity contribution in [2.75, 3.05) is 43.2 Å². The molecule has 0 saturated carbocycles. The Morgan fingerprint density at radius 2 is 1.90 bits per heavy atom. The SMILES string of the molecule is CN1C(=O)C2(CN(c3ccc4c(c3)OCCO4)C2)c2c1cnc1cc(F)c(Br)cc21. The number of ether oxygens (including phenoxy) is 2. The summed E-state index contributed by atoms with van der Waals surface area (Å²) in [5, 5.41) is 0.806. The second kappa shape index (κ2) is 6.07. The molecule has 6 rings (SSSR count). The Morgan fingerprint density at radius 3 is 2.70 bits per heavy atom. The first-order chi connectivity index (χ1) is 14.5. The lowest BCUT2D eigenvalue weighted by atomic mass is 9.73. The summed E-state index contributed by atoms with van der Waals surface area (Å²) >= 11 is 3.28. The van der Waals surface area contributed by atoms with Crippen LogP contribution in [0, 0.1) is 5.82 Å². The second-order valence-electron chi connectivity index (χ2n) is 7.93. The molecule has 3 aromatic rings. The predicted molar refractivity (Wildman–Crippen MR) is 114 cm³/mol. The summed E-state index contributed by atoms with van der Waals surface area (Å²) < 4.78 is 25.7. The average molecular weight is 470 g/mol. The van der Waals surface area contributed by atoms with Crippen LogP contribution in [0.4, 0.5) is 15.8 Å². The molecule has 1 fully saturated rings. The van der Waals surface area contributed by atoms with E-state index in [-0.39, 0.29) is 11.7 Å². The fourth-order valence-corrected chi connectivity index (χ4v) is 5.12. The molecule has 0 N–H and O–H groups in total. The number of carbonyl (C=O) groups excluding carboxylic acids is 1. The van der Waals surface area contributed by atoms with E-state index in [1.165, 1.54) is 6.07 Å². The fraction of sp³-hybridized carbons (Fsp3) is 0.273. The molecule has 1 amide bonds. The predicted octanol–water partition coefficient (Wildman–Crippen LogP) is 3.64. The van der Waals surface area contributed by atoms with Crippen LogP contribution in [-0.2, 0) is 10.2 Å². The first-order valence-electron chi connectivity index (χ1n) is 9.69. The third-order valence-corrected chi connectivity index (χ3v) is 6.86. The number of likely N-dealkylation sites (N-methyl/N-ethyl adjacent to an activating group) is 1. The summed E-state index contributed by atoms with van der Waals surface area (Å²) in [6.45, 7) is 2.16. The van der Waals surface area contributed by atoms with Crippen molar-refractivity contribution in [1.82, 2.24) is 4.98 Å². The summed E-state index contributed by atoms with van der Waals surface area (Å²) in [7, 11) is 1.77.